The van der Waals surface area contributed by atoms with E-state index in [4.69, 9.17) is 0 Å². The predicted octanol–water partition coefficient (Wildman–Crippen LogP) is 3.46. The topological polar surface area (TPSA) is 80.3 Å². The van der Waals surface area contributed by atoms with Gasteiger partial charge in [-0.05, 0) is 49.4 Å². The Balaban J connectivity index is -0.000000372. The average molecular weight is 406 g/mol. The van der Waals surface area contributed by atoms with E-state index >= 15 is 0 Å². The van der Waals surface area contributed by atoms with E-state index in [1.54, 1.807) is 0 Å². The summed E-state index contributed by atoms with van der Waals surface area (Å²) in [5.74, 6) is -1.85. The van der Waals surface area contributed by atoms with Gasteiger partial charge in [-0.3, -0.25) is 0 Å². The molecule has 0 aromatic heterocycles. The van der Waals surface area contributed by atoms with Crippen LogP contribution < -0.4 is 10.2 Å². The second kappa shape index (κ2) is 15.7. The summed E-state index contributed by atoms with van der Waals surface area (Å²) in [6.07, 6.45) is 8.54. The van der Waals surface area contributed by atoms with Crippen molar-refractivity contribution < 1.29 is 36.9 Å². The average Bonchev–Trinajstić information content (AvgIpc) is 2.35. The van der Waals surface area contributed by atoms with Crippen LogP contribution in [0.5, 0.6) is 0 Å². The molecule has 0 heterocycles. The Morgan fingerprint density at radius 2 is 0.880 bits per heavy atom. The van der Waals surface area contributed by atoms with Gasteiger partial charge in [0.05, 0.1) is 0 Å². The molecule has 0 N–H and O–H groups in total. The Morgan fingerprint density at radius 3 is 1.08 bits per heavy atom. The fraction of sp³-hybridized carbons (Fsp3) is 0.900. The summed E-state index contributed by atoms with van der Waals surface area (Å²) in [6.45, 7) is 13.2. The number of rotatable bonds is 10. The molecular formula is C20H38CuO4-2. The van der Waals surface area contributed by atoms with Gasteiger partial charge in [-0.25, -0.2) is 0 Å². The normalized spacial score (nSPS) is 11.1. The second-order valence-electron chi connectivity index (χ2n) is 8.99. The van der Waals surface area contributed by atoms with E-state index in [0.29, 0.717) is 10.8 Å². The smallest absolute Gasteiger partial charge is 0.0414 e. The Bertz CT molecular complexity index is 307. The second-order valence-corrected chi connectivity index (χ2v) is 8.99. The molecule has 0 aliphatic carbocycles. The number of carboxylic acids is 2. The fourth-order valence-electron chi connectivity index (χ4n) is 2.20. The van der Waals surface area contributed by atoms with E-state index in [2.05, 4.69) is 41.5 Å². The van der Waals surface area contributed by atoms with Crippen molar-refractivity contribution >= 4 is 11.9 Å². The van der Waals surface area contributed by atoms with Crippen molar-refractivity contribution in [2.45, 2.75) is 106 Å². The first-order valence-electron chi connectivity index (χ1n) is 9.23. The summed E-state index contributed by atoms with van der Waals surface area (Å²) in [4.78, 5) is 20.1. The molecule has 0 fully saturated rings. The van der Waals surface area contributed by atoms with Gasteiger partial charge in [0, 0.05) is 29.0 Å². The van der Waals surface area contributed by atoms with Crippen LogP contribution in [0.4, 0.5) is 0 Å². The molecular weight excluding hydrogens is 368 g/mol. The van der Waals surface area contributed by atoms with Crippen molar-refractivity contribution in [3.8, 4) is 0 Å². The van der Waals surface area contributed by atoms with Crippen LogP contribution in [0.25, 0.3) is 0 Å². The number of carboxylic acid groups (broad SMARTS) is 2. The molecule has 0 aromatic carbocycles. The molecule has 0 rings (SSSR count). The third kappa shape index (κ3) is 35.4. The first kappa shape index (κ1) is 29.2. The van der Waals surface area contributed by atoms with Crippen molar-refractivity contribution in [3.05, 3.63) is 0 Å². The SMILES string of the molecule is CC(C)(C)CCCCCC(=O)[O-].CC(C)(C)CCCCCC(=O)[O-].[Cu]. The van der Waals surface area contributed by atoms with Gasteiger partial charge in [-0.2, -0.15) is 0 Å². The number of hydrogen-bond donors (Lipinski definition) is 0. The van der Waals surface area contributed by atoms with Crippen molar-refractivity contribution in [1.82, 2.24) is 0 Å². The molecule has 155 valence electrons. The molecule has 0 aromatic rings. The van der Waals surface area contributed by atoms with Crippen LogP contribution in [0.1, 0.15) is 106 Å². The molecule has 0 unspecified atom stereocenters. The quantitative estimate of drug-likeness (QED) is 0.411. The van der Waals surface area contributed by atoms with Gasteiger partial charge < -0.3 is 19.8 Å². The molecule has 0 spiro atoms. The zero-order chi connectivity index (χ0) is 19.2. The van der Waals surface area contributed by atoms with Crippen LogP contribution in [0.15, 0.2) is 0 Å². The molecule has 0 saturated carbocycles. The monoisotopic (exact) mass is 405 g/mol. The molecule has 0 aliphatic rings. The molecule has 0 amide bonds. The van der Waals surface area contributed by atoms with E-state index in [1.807, 2.05) is 0 Å². The standard InChI is InChI=1S/2C10H20O2.Cu/c2*1-10(2,3)8-6-4-5-7-9(11)12;/h2*4-8H2,1-3H3,(H,11,12);/p-2. The third-order valence-corrected chi connectivity index (χ3v) is 3.62. The van der Waals surface area contributed by atoms with E-state index in [1.165, 1.54) is 12.8 Å². The maximum Gasteiger partial charge on any atom is 0.0414 e. The van der Waals surface area contributed by atoms with Crippen molar-refractivity contribution in [2.75, 3.05) is 0 Å². The minimum Gasteiger partial charge on any atom is -0.550 e. The number of carbonyl (C=O) groups is 2. The first-order chi connectivity index (χ1) is 10.8. The Morgan fingerprint density at radius 1 is 0.600 bits per heavy atom. The van der Waals surface area contributed by atoms with E-state index in [0.717, 1.165) is 38.5 Å². The third-order valence-electron chi connectivity index (χ3n) is 3.62. The van der Waals surface area contributed by atoms with Gasteiger partial charge in [-0.1, -0.05) is 67.2 Å². The first-order valence-corrected chi connectivity index (χ1v) is 9.23. The van der Waals surface area contributed by atoms with Crippen molar-refractivity contribution in [1.29, 1.82) is 0 Å². The molecule has 0 atom stereocenters. The Kier molecular flexibility index (Phi) is 18.4. The summed E-state index contributed by atoms with van der Waals surface area (Å²) < 4.78 is 0. The van der Waals surface area contributed by atoms with Gasteiger partial charge in [0.2, 0.25) is 0 Å². The Hall–Kier alpha value is -0.541. The maximum atomic E-state index is 10.0. The van der Waals surface area contributed by atoms with Crippen LogP contribution in [-0.2, 0) is 26.7 Å². The van der Waals surface area contributed by atoms with Crippen LogP contribution >= 0.6 is 0 Å². The molecule has 0 saturated heterocycles. The molecule has 5 heteroatoms. The maximum absolute atomic E-state index is 10.0. The number of unbranched alkanes of at least 4 members (excludes halogenated alkanes) is 4. The van der Waals surface area contributed by atoms with Gasteiger partial charge in [0.15, 0.2) is 0 Å². The summed E-state index contributed by atoms with van der Waals surface area (Å²) in [5.41, 5.74) is 0.753. The zero-order valence-corrected chi connectivity index (χ0v) is 17.9. The molecule has 25 heavy (non-hydrogen) atoms. The van der Waals surface area contributed by atoms with Crippen LogP contribution in [-0.4, -0.2) is 11.9 Å². The summed E-state index contributed by atoms with van der Waals surface area (Å²) in [5, 5.41) is 20.1. The van der Waals surface area contributed by atoms with Crippen molar-refractivity contribution in [2.24, 2.45) is 10.8 Å². The molecule has 0 bridgehead atoms. The van der Waals surface area contributed by atoms with E-state index < -0.39 is 11.9 Å². The van der Waals surface area contributed by atoms with Gasteiger partial charge in [0.1, 0.15) is 0 Å². The summed E-state index contributed by atoms with van der Waals surface area (Å²) >= 11 is 0. The largest absolute Gasteiger partial charge is 0.550 e. The predicted molar refractivity (Wildman–Crippen MR) is 95.1 cm³/mol. The summed E-state index contributed by atoms with van der Waals surface area (Å²) in [6, 6.07) is 0. The van der Waals surface area contributed by atoms with Gasteiger partial charge in [-0.15, -0.1) is 0 Å². The molecule has 4 nitrogen and oxygen atoms in total. The minimum absolute atomic E-state index is 0. The minimum atomic E-state index is -0.925. The zero-order valence-electron chi connectivity index (χ0n) is 17.0. The van der Waals surface area contributed by atoms with E-state index in [9.17, 15) is 19.8 Å². The molecule has 1 radical (unpaired) electrons. The number of hydrogen-bond acceptors (Lipinski definition) is 4. The summed E-state index contributed by atoms with van der Waals surface area (Å²) in [7, 11) is 0. The fourth-order valence-corrected chi connectivity index (χ4v) is 2.20. The van der Waals surface area contributed by atoms with Crippen LogP contribution in [0, 0.1) is 10.8 Å². The number of aliphatic carboxylic acids is 2. The van der Waals surface area contributed by atoms with E-state index in [-0.39, 0.29) is 29.9 Å². The molecule has 0 aliphatic heterocycles. The van der Waals surface area contributed by atoms with Crippen molar-refractivity contribution in [3.63, 3.8) is 0 Å². The number of carbonyl (C=O) groups excluding carboxylic acids is 2. The van der Waals surface area contributed by atoms with Crippen LogP contribution in [0.3, 0.4) is 0 Å². The van der Waals surface area contributed by atoms with Gasteiger partial charge >= 0.3 is 0 Å². The van der Waals surface area contributed by atoms with Gasteiger partial charge in [0.25, 0.3) is 0 Å². The Labute approximate surface area is 165 Å². The van der Waals surface area contributed by atoms with Crippen LogP contribution in [0.2, 0.25) is 0 Å².